The molecule has 6 heteroatoms. The Kier molecular flexibility index (Phi) is 5.46. The largest absolute Gasteiger partial charge is 0.352 e. The monoisotopic (exact) mass is 297 g/mol. The molecule has 1 N–H and O–H groups in total. The summed E-state index contributed by atoms with van der Waals surface area (Å²) in [5.41, 5.74) is 0. The molecule has 20 heavy (non-hydrogen) atoms. The van der Waals surface area contributed by atoms with Gasteiger partial charge in [-0.2, -0.15) is 4.98 Å². The number of rotatable bonds is 5. The van der Waals surface area contributed by atoms with E-state index in [4.69, 9.17) is 4.52 Å². The fourth-order valence-electron chi connectivity index (χ4n) is 2.53. The van der Waals surface area contributed by atoms with Gasteiger partial charge in [0.05, 0.1) is 11.0 Å². The van der Waals surface area contributed by atoms with E-state index in [-0.39, 0.29) is 11.2 Å². The molecule has 1 amide bonds. The zero-order chi connectivity index (χ0) is 14.5. The van der Waals surface area contributed by atoms with Crippen LogP contribution in [0.4, 0.5) is 0 Å². The van der Waals surface area contributed by atoms with Gasteiger partial charge in [0.15, 0.2) is 5.82 Å². The first kappa shape index (κ1) is 15.4. The highest BCUT2D eigenvalue weighted by atomic mass is 32.2. The van der Waals surface area contributed by atoms with Gasteiger partial charge in [-0.05, 0) is 32.6 Å². The third kappa shape index (κ3) is 4.23. The predicted molar refractivity (Wildman–Crippen MR) is 79.5 cm³/mol. The molecule has 1 aromatic heterocycles. The van der Waals surface area contributed by atoms with E-state index < -0.39 is 0 Å². The third-order valence-corrected chi connectivity index (χ3v) is 4.94. The maximum Gasteiger partial charge on any atom is 0.239 e. The van der Waals surface area contributed by atoms with Crippen LogP contribution in [0.1, 0.15) is 56.5 Å². The molecule has 0 unspecified atom stereocenters. The number of nitrogens with one attached hydrogen (secondary N) is 1. The lowest BCUT2D eigenvalue weighted by molar-refractivity contribution is -0.119. The SMILES string of the molecule is Cc1noc([C@H](C)SCC(=O)N[C@@H]2CCCC[C@H]2C)n1. The molecule has 1 aliphatic rings. The number of thioether (sulfide) groups is 1. The molecular weight excluding hydrogens is 274 g/mol. The second-order valence-electron chi connectivity index (χ2n) is 5.57. The van der Waals surface area contributed by atoms with Crippen LogP contribution in [-0.2, 0) is 4.79 Å². The normalized spacial score (nSPS) is 24.4. The topological polar surface area (TPSA) is 68.0 Å². The molecule has 1 heterocycles. The molecule has 0 spiro atoms. The van der Waals surface area contributed by atoms with E-state index >= 15 is 0 Å². The Bertz CT molecular complexity index is 449. The molecule has 2 rings (SSSR count). The molecule has 0 bridgehead atoms. The lowest BCUT2D eigenvalue weighted by Crippen LogP contribution is -2.41. The van der Waals surface area contributed by atoms with Crippen molar-refractivity contribution in [2.45, 2.75) is 57.7 Å². The van der Waals surface area contributed by atoms with Crippen molar-refractivity contribution in [3.8, 4) is 0 Å². The lowest BCUT2D eigenvalue weighted by Gasteiger charge is -2.29. The summed E-state index contributed by atoms with van der Waals surface area (Å²) in [6.45, 7) is 6.00. The van der Waals surface area contributed by atoms with Crippen LogP contribution < -0.4 is 5.32 Å². The molecule has 112 valence electrons. The quantitative estimate of drug-likeness (QED) is 0.905. The summed E-state index contributed by atoms with van der Waals surface area (Å²) in [7, 11) is 0. The molecule has 5 nitrogen and oxygen atoms in total. The number of carbonyl (C=O) groups excluding carboxylic acids is 1. The third-order valence-electron chi connectivity index (χ3n) is 3.81. The van der Waals surface area contributed by atoms with Crippen LogP contribution in [0.5, 0.6) is 0 Å². The summed E-state index contributed by atoms with van der Waals surface area (Å²) in [4.78, 5) is 16.2. The van der Waals surface area contributed by atoms with Gasteiger partial charge in [0.25, 0.3) is 0 Å². The van der Waals surface area contributed by atoms with Gasteiger partial charge in [-0.15, -0.1) is 11.8 Å². The van der Waals surface area contributed by atoms with Crippen LogP contribution in [-0.4, -0.2) is 27.8 Å². The minimum atomic E-state index is 0.0470. The number of hydrogen-bond donors (Lipinski definition) is 1. The average molecular weight is 297 g/mol. The second kappa shape index (κ2) is 7.11. The molecule has 1 aliphatic carbocycles. The number of aryl methyl sites for hydroxylation is 1. The second-order valence-corrected chi connectivity index (χ2v) is 6.90. The molecule has 0 saturated heterocycles. The van der Waals surface area contributed by atoms with E-state index in [0.717, 1.165) is 6.42 Å². The fourth-order valence-corrected chi connectivity index (χ4v) is 3.25. The maximum absolute atomic E-state index is 12.0. The summed E-state index contributed by atoms with van der Waals surface area (Å²) in [5.74, 6) is 2.36. The molecular formula is C14H23N3O2S. The highest BCUT2D eigenvalue weighted by molar-refractivity contribution is 8.00. The summed E-state index contributed by atoms with van der Waals surface area (Å²) < 4.78 is 5.11. The summed E-state index contributed by atoms with van der Waals surface area (Å²) in [6.07, 6.45) is 4.83. The van der Waals surface area contributed by atoms with E-state index in [2.05, 4.69) is 22.4 Å². The standard InChI is InChI=1S/C14H23N3O2S/c1-9-6-4-5-7-12(9)16-13(18)8-20-10(2)14-15-11(3)17-19-14/h9-10,12H,4-8H2,1-3H3,(H,16,18)/t9-,10+,12-/m1/s1. The minimum absolute atomic E-state index is 0.0470. The van der Waals surface area contributed by atoms with Crippen LogP contribution in [0, 0.1) is 12.8 Å². The zero-order valence-electron chi connectivity index (χ0n) is 12.4. The highest BCUT2D eigenvalue weighted by Crippen LogP contribution is 2.27. The van der Waals surface area contributed by atoms with Gasteiger partial charge in [-0.3, -0.25) is 4.79 Å². The van der Waals surface area contributed by atoms with E-state index in [9.17, 15) is 4.79 Å². The maximum atomic E-state index is 12.0. The lowest BCUT2D eigenvalue weighted by atomic mass is 9.86. The molecule has 0 aliphatic heterocycles. The zero-order valence-corrected chi connectivity index (χ0v) is 13.2. The first-order chi connectivity index (χ1) is 9.56. The number of nitrogens with zero attached hydrogens (tertiary/aromatic N) is 2. The number of amides is 1. The molecule has 0 radical (unpaired) electrons. The van der Waals surface area contributed by atoms with Gasteiger partial charge in [0.2, 0.25) is 11.8 Å². The van der Waals surface area contributed by atoms with E-state index in [0.29, 0.717) is 29.4 Å². The van der Waals surface area contributed by atoms with Crippen molar-refractivity contribution in [1.29, 1.82) is 0 Å². The molecule has 0 aromatic carbocycles. The number of carbonyl (C=O) groups is 1. The van der Waals surface area contributed by atoms with Crippen LogP contribution in [0.2, 0.25) is 0 Å². The van der Waals surface area contributed by atoms with Crippen LogP contribution in [0.25, 0.3) is 0 Å². The van der Waals surface area contributed by atoms with E-state index in [1.165, 1.54) is 31.0 Å². The van der Waals surface area contributed by atoms with Crippen LogP contribution in [0.3, 0.4) is 0 Å². The smallest absolute Gasteiger partial charge is 0.239 e. The van der Waals surface area contributed by atoms with Crippen molar-refractivity contribution in [1.82, 2.24) is 15.5 Å². The van der Waals surface area contributed by atoms with Crippen molar-refractivity contribution in [3.63, 3.8) is 0 Å². The Balaban J connectivity index is 1.74. The Morgan fingerprint density at radius 3 is 2.90 bits per heavy atom. The van der Waals surface area contributed by atoms with E-state index in [1.807, 2.05) is 6.92 Å². The highest BCUT2D eigenvalue weighted by Gasteiger charge is 2.23. The predicted octanol–water partition coefficient (Wildman–Crippen LogP) is 2.87. The summed E-state index contributed by atoms with van der Waals surface area (Å²) in [5, 5.41) is 6.97. The van der Waals surface area contributed by atoms with Gasteiger partial charge >= 0.3 is 0 Å². The van der Waals surface area contributed by atoms with Gasteiger partial charge in [-0.1, -0.05) is 24.9 Å². The first-order valence-corrected chi connectivity index (χ1v) is 8.32. The molecule has 1 fully saturated rings. The van der Waals surface area contributed by atoms with Crippen molar-refractivity contribution < 1.29 is 9.32 Å². The number of aromatic nitrogens is 2. The Morgan fingerprint density at radius 1 is 1.50 bits per heavy atom. The van der Waals surface area contributed by atoms with Crippen molar-refractivity contribution >= 4 is 17.7 Å². The summed E-state index contributed by atoms with van der Waals surface area (Å²) >= 11 is 1.53. The molecule has 1 saturated carbocycles. The summed E-state index contributed by atoms with van der Waals surface area (Å²) in [6, 6.07) is 0.345. The molecule has 3 atom stereocenters. The Hall–Kier alpha value is -1.04. The van der Waals surface area contributed by atoms with Gasteiger partial charge in [0.1, 0.15) is 0 Å². The Labute approximate surface area is 124 Å². The Morgan fingerprint density at radius 2 is 2.25 bits per heavy atom. The average Bonchev–Trinajstić information content (AvgIpc) is 2.85. The van der Waals surface area contributed by atoms with Crippen molar-refractivity contribution in [2.24, 2.45) is 5.92 Å². The molecule has 1 aromatic rings. The van der Waals surface area contributed by atoms with Crippen molar-refractivity contribution in [2.75, 3.05) is 5.75 Å². The van der Waals surface area contributed by atoms with E-state index in [1.54, 1.807) is 6.92 Å². The van der Waals surface area contributed by atoms with Gasteiger partial charge < -0.3 is 9.84 Å². The van der Waals surface area contributed by atoms with Gasteiger partial charge in [0, 0.05) is 6.04 Å². The van der Waals surface area contributed by atoms with Gasteiger partial charge in [-0.25, -0.2) is 0 Å². The number of hydrogen-bond acceptors (Lipinski definition) is 5. The fraction of sp³-hybridized carbons (Fsp3) is 0.786. The first-order valence-electron chi connectivity index (χ1n) is 7.27. The van der Waals surface area contributed by atoms with Crippen molar-refractivity contribution in [3.05, 3.63) is 11.7 Å². The minimum Gasteiger partial charge on any atom is -0.352 e. The van der Waals surface area contributed by atoms with Crippen LogP contribution in [0.15, 0.2) is 4.52 Å². The van der Waals surface area contributed by atoms with Crippen LogP contribution >= 0.6 is 11.8 Å².